The molecule has 1 aromatic carbocycles. The van der Waals surface area contributed by atoms with Crippen LogP contribution in [0.1, 0.15) is 18.9 Å². The van der Waals surface area contributed by atoms with E-state index in [0.29, 0.717) is 12.5 Å². The van der Waals surface area contributed by atoms with Crippen LogP contribution in [0.15, 0.2) is 12.1 Å². The molecule has 0 bridgehead atoms. The first-order valence-electron chi connectivity index (χ1n) is 4.39. The van der Waals surface area contributed by atoms with Crippen molar-refractivity contribution in [2.45, 2.75) is 18.9 Å². The summed E-state index contributed by atoms with van der Waals surface area (Å²) in [5, 5.41) is 0. The van der Waals surface area contributed by atoms with Crippen LogP contribution in [0.2, 0.25) is 0 Å². The van der Waals surface area contributed by atoms with Crippen LogP contribution >= 0.6 is 0 Å². The first-order chi connectivity index (χ1) is 6.45. The molecule has 2 atom stereocenters. The van der Waals surface area contributed by atoms with Gasteiger partial charge in [0.15, 0.2) is 11.6 Å². The second-order valence-corrected chi connectivity index (χ2v) is 3.89. The Morgan fingerprint density at radius 2 is 1.93 bits per heavy atom. The minimum Gasteiger partial charge on any atom is -0.321 e. The van der Waals surface area contributed by atoms with Crippen LogP contribution in [0.4, 0.5) is 13.2 Å². The molecule has 1 aliphatic carbocycles. The van der Waals surface area contributed by atoms with Crippen LogP contribution in [-0.2, 0) is 5.54 Å². The van der Waals surface area contributed by atoms with E-state index in [1.807, 2.05) is 6.92 Å². The lowest BCUT2D eigenvalue weighted by atomic mass is 10.0. The summed E-state index contributed by atoms with van der Waals surface area (Å²) in [5.74, 6) is -2.93. The third-order valence-electron chi connectivity index (χ3n) is 2.86. The Bertz CT molecular complexity index is 391. The van der Waals surface area contributed by atoms with E-state index >= 15 is 0 Å². The Labute approximate surface area is 79.7 Å². The van der Waals surface area contributed by atoms with Crippen LogP contribution in [0.25, 0.3) is 0 Å². The fourth-order valence-electron chi connectivity index (χ4n) is 1.72. The van der Waals surface area contributed by atoms with Crippen molar-refractivity contribution in [3.63, 3.8) is 0 Å². The van der Waals surface area contributed by atoms with Crippen LogP contribution in [0.3, 0.4) is 0 Å². The zero-order valence-corrected chi connectivity index (χ0v) is 7.65. The summed E-state index contributed by atoms with van der Waals surface area (Å²) in [6.07, 6.45) is 0.562. The smallest absolute Gasteiger partial charge is 0.164 e. The SMILES string of the molecule is CC1CC1(N)c1cc(F)cc(F)c1F. The van der Waals surface area contributed by atoms with Crippen LogP contribution in [-0.4, -0.2) is 0 Å². The van der Waals surface area contributed by atoms with Gasteiger partial charge in [0.25, 0.3) is 0 Å². The molecule has 1 aromatic rings. The van der Waals surface area contributed by atoms with E-state index < -0.39 is 23.0 Å². The van der Waals surface area contributed by atoms with Gasteiger partial charge in [-0.15, -0.1) is 0 Å². The van der Waals surface area contributed by atoms with E-state index in [-0.39, 0.29) is 11.5 Å². The van der Waals surface area contributed by atoms with E-state index in [1.165, 1.54) is 0 Å². The number of halogens is 3. The van der Waals surface area contributed by atoms with Crippen LogP contribution in [0, 0.1) is 23.4 Å². The van der Waals surface area contributed by atoms with Crippen molar-refractivity contribution < 1.29 is 13.2 Å². The van der Waals surface area contributed by atoms with Gasteiger partial charge in [-0.3, -0.25) is 0 Å². The van der Waals surface area contributed by atoms with E-state index in [9.17, 15) is 13.2 Å². The average Bonchev–Trinajstić information content (AvgIpc) is 2.68. The van der Waals surface area contributed by atoms with Crippen molar-refractivity contribution >= 4 is 0 Å². The Morgan fingerprint density at radius 1 is 1.36 bits per heavy atom. The van der Waals surface area contributed by atoms with Crippen molar-refractivity contribution in [1.82, 2.24) is 0 Å². The molecule has 0 spiro atoms. The molecular weight excluding hydrogens is 191 g/mol. The molecule has 76 valence electrons. The quantitative estimate of drug-likeness (QED) is 0.693. The third-order valence-corrected chi connectivity index (χ3v) is 2.86. The van der Waals surface area contributed by atoms with E-state index in [0.717, 1.165) is 6.07 Å². The highest BCUT2D eigenvalue weighted by Crippen LogP contribution is 2.50. The molecule has 0 saturated heterocycles. The van der Waals surface area contributed by atoms with Gasteiger partial charge in [-0.1, -0.05) is 6.92 Å². The number of nitrogens with two attached hydrogens (primary N) is 1. The van der Waals surface area contributed by atoms with Crippen molar-refractivity contribution in [3.8, 4) is 0 Å². The Hall–Kier alpha value is -1.03. The van der Waals surface area contributed by atoms with Crippen molar-refractivity contribution in [3.05, 3.63) is 35.1 Å². The van der Waals surface area contributed by atoms with Gasteiger partial charge in [-0.2, -0.15) is 0 Å². The third kappa shape index (κ3) is 1.21. The van der Waals surface area contributed by atoms with Gasteiger partial charge in [-0.25, -0.2) is 13.2 Å². The van der Waals surface area contributed by atoms with Gasteiger partial charge in [-0.05, 0) is 18.4 Å². The summed E-state index contributed by atoms with van der Waals surface area (Å²) >= 11 is 0. The summed E-state index contributed by atoms with van der Waals surface area (Å²) in [6.45, 7) is 1.82. The lowest BCUT2D eigenvalue weighted by Crippen LogP contribution is -2.23. The van der Waals surface area contributed by atoms with E-state index in [2.05, 4.69) is 0 Å². The number of hydrogen-bond donors (Lipinski definition) is 1. The molecule has 2 N–H and O–H groups in total. The lowest BCUT2D eigenvalue weighted by Gasteiger charge is -2.12. The zero-order chi connectivity index (χ0) is 10.5. The highest BCUT2D eigenvalue weighted by molar-refractivity contribution is 5.33. The van der Waals surface area contributed by atoms with Gasteiger partial charge < -0.3 is 5.73 Å². The van der Waals surface area contributed by atoms with Crippen molar-refractivity contribution in [1.29, 1.82) is 0 Å². The summed E-state index contributed by atoms with van der Waals surface area (Å²) in [6, 6.07) is 1.50. The molecule has 1 fully saturated rings. The van der Waals surface area contributed by atoms with Gasteiger partial charge in [0.2, 0.25) is 0 Å². The summed E-state index contributed by atoms with van der Waals surface area (Å²) in [5.41, 5.74) is 4.84. The number of rotatable bonds is 1. The molecule has 1 nitrogen and oxygen atoms in total. The molecule has 0 heterocycles. The van der Waals surface area contributed by atoms with Crippen LogP contribution < -0.4 is 5.73 Å². The summed E-state index contributed by atoms with van der Waals surface area (Å²) in [4.78, 5) is 0. The van der Waals surface area contributed by atoms with Gasteiger partial charge in [0.05, 0.1) is 0 Å². The second-order valence-electron chi connectivity index (χ2n) is 3.89. The van der Waals surface area contributed by atoms with E-state index in [1.54, 1.807) is 0 Å². The minimum absolute atomic E-state index is 0.0532. The minimum atomic E-state index is -1.18. The maximum atomic E-state index is 13.3. The molecule has 0 aliphatic heterocycles. The Kier molecular flexibility index (Phi) is 1.86. The molecular formula is C10H10F3N. The topological polar surface area (TPSA) is 26.0 Å². The molecule has 1 saturated carbocycles. The largest absolute Gasteiger partial charge is 0.321 e. The van der Waals surface area contributed by atoms with Crippen molar-refractivity contribution in [2.24, 2.45) is 11.7 Å². The predicted molar refractivity (Wildman–Crippen MR) is 46.0 cm³/mol. The molecule has 2 rings (SSSR count). The lowest BCUT2D eigenvalue weighted by molar-refractivity contribution is 0.467. The Morgan fingerprint density at radius 3 is 2.43 bits per heavy atom. The monoisotopic (exact) mass is 201 g/mol. The summed E-state index contributed by atoms with van der Waals surface area (Å²) in [7, 11) is 0. The van der Waals surface area contributed by atoms with Gasteiger partial charge in [0.1, 0.15) is 5.82 Å². The fourth-order valence-corrected chi connectivity index (χ4v) is 1.72. The predicted octanol–water partition coefficient (Wildman–Crippen LogP) is 2.30. The summed E-state index contributed by atoms with van der Waals surface area (Å²) < 4.78 is 39.0. The number of hydrogen-bond acceptors (Lipinski definition) is 1. The maximum Gasteiger partial charge on any atom is 0.164 e. The fraction of sp³-hybridized carbons (Fsp3) is 0.400. The molecule has 0 radical (unpaired) electrons. The zero-order valence-electron chi connectivity index (χ0n) is 7.65. The van der Waals surface area contributed by atoms with E-state index in [4.69, 9.17) is 5.73 Å². The van der Waals surface area contributed by atoms with Gasteiger partial charge >= 0.3 is 0 Å². The standard InChI is InChI=1S/C10H10F3N/c1-5-4-10(5,14)7-2-6(11)3-8(12)9(7)13/h2-3,5H,4,14H2,1H3. The second kappa shape index (κ2) is 2.73. The molecule has 4 heteroatoms. The number of benzene rings is 1. The molecule has 2 unspecified atom stereocenters. The Balaban J connectivity index is 2.53. The average molecular weight is 201 g/mol. The first-order valence-corrected chi connectivity index (χ1v) is 4.39. The van der Waals surface area contributed by atoms with Gasteiger partial charge in [0, 0.05) is 17.2 Å². The first kappa shape index (κ1) is 9.52. The molecule has 14 heavy (non-hydrogen) atoms. The molecule has 0 amide bonds. The normalized spacial score (nSPS) is 30.5. The highest BCUT2D eigenvalue weighted by Gasteiger charge is 2.51. The van der Waals surface area contributed by atoms with Crippen LogP contribution in [0.5, 0.6) is 0 Å². The maximum absolute atomic E-state index is 13.3. The molecule has 1 aliphatic rings. The van der Waals surface area contributed by atoms with Crippen molar-refractivity contribution in [2.75, 3.05) is 0 Å². The molecule has 0 aromatic heterocycles. The highest BCUT2D eigenvalue weighted by atomic mass is 19.2.